The summed E-state index contributed by atoms with van der Waals surface area (Å²) in [5.74, 6) is 0.0566. The second-order valence-corrected chi connectivity index (χ2v) is 7.25. The van der Waals surface area contributed by atoms with E-state index in [1.54, 1.807) is 0 Å². The monoisotopic (exact) mass is 440 g/mol. The van der Waals surface area contributed by atoms with Crippen LogP contribution in [-0.2, 0) is 10.0 Å². The summed E-state index contributed by atoms with van der Waals surface area (Å²) in [6.45, 7) is 0. The topological polar surface area (TPSA) is 98.0 Å². The molecule has 0 saturated heterocycles. The van der Waals surface area contributed by atoms with Crippen LogP contribution in [0, 0.1) is 0 Å². The number of hydrogen-bond donors (Lipinski definition) is 2. The molecule has 2 rings (SSSR count). The number of nitrogens with two attached hydrogens (primary N) is 1. The van der Waals surface area contributed by atoms with E-state index in [1.165, 1.54) is 24.4 Å². The molecule has 0 bridgehead atoms. The van der Waals surface area contributed by atoms with Crippen LogP contribution in [0.4, 0.5) is 11.5 Å². The highest BCUT2D eigenvalue weighted by molar-refractivity contribution is 9.11. The van der Waals surface area contributed by atoms with E-state index in [-0.39, 0.29) is 20.3 Å². The van der Waals surface area contributed by atoms with Crippen molar-refractivity contribution in [3.8, 4) is 0 Å². The lowest BCUT2D eigenvalue weighted by Crippen LogP contribution is -2.15. The molecular weight excluding hydrogens is 435 g/mol. The van der Waals surface area contributed by atoms with Crippen molar-refractivity contribution in [2.75, 3.05) is 10.5 Å². The highest BCUT2D eigenvalue weighted by Crippen LogP contribution is 2.27. The molecule has 0 aliphatic carbocycles. The van der Waals surface area contributed by atoms with Gasteiger partial charge in [-0.2, -0.15) is 0 Å². The molecule has 106 valence electrons. The van der Waals surface area contributed by atoms with Gasteiger partial charge in [-0.3, -0.25) is 4.72 Å². The predicted octanol–water partition coefficient (Wildman–Crippen LogP) is 3.04. The highest BCUT2D eigenvalue weighted by Gasteiger charge is 2.20. The van der Waals surface area contributed by atoms with Crippen molar-refractivity contribution in [1.29, 1.82) is 0 Å². The van der Waals surface area contributed by atoms with E-state index in [4.69, 9.17) is 17.3 Å². The zero-order chi connectivity index (χ0) is 14.9. The van der Waals surface area contributed by atoms with Gasteiger partial charge < -0.3 is 5.73 Å². The van der Waals surface area contributed by atoms with Crippen LogP contribution in [0.25, 0.3) is 0 Å². The van der Waals surface area contributed by atoms with E-state index in [1.807, 2.05) is 0 Å². The molecule has 1 heterocycles. The van der Waals surface area contributed by atoms with Crippen molar-refractivity contribution in [3.63, 3.8) is 0 Å². The SMILES string of the molecule is Nc1ccc(S(=O)(=O)Nc2ncc(Br)nc2Br)c(Cl)c1. The third-order valence-electron chi connectivity index (χ3n) is 2.18. The van der Waals surface area contributed by atoms with Gasteiger partial charge >= 0.3 is 0 Å². The second kappa shape index (κ2) is 5.84. The Kier molecular flexibility index (Phi) is 4.52. The molecule has 2 aromatic rings. The lowest BCUT2D eigenvalue weighted by molar-refractivity contribution is 0.601. The molecule has 0 fully saturated rings. The van der Waals surface area contributed by atoms with E-state index in [2.05, 4.69) is 46.5 Å². The zero-order valence-electron chi connectivity index (χ0n) is 9.64. The van der Waals surface area contributed by atoms with Gasteiger partial charge in [0, 0.05) is 5.69 Å². The lowest BCUT2D eigenvalue weighted by Gasteiger charge is -2.10. The Morgan fingerprint density at radius 3 is 2.60 bits per heavy atom. The minimum absolute atomic E-state index is 0.0266. The molecule has 0 amide bonds. The fourth-order valence-corrected chi connectivity index (χ4v) is 3.94. The van der Waals surface area contributed by atoms with Gasteiger partial charge in [0.05, 0.1) is 11.2 Å². The van der Waals surface area contributed by atoms with Crippen LogP contribution in [0.3, 0.4) is 0 Å². The van der Waals surface area contributed by atoms with E-state index in [0.717, 1.165) is 0 Å². The normalized spacial score (nSPS) is 11.3. The van der Waals surface area contributed by atoms with Crippen molar-refractivity contribution >= 4 is 65.0 Å². The Hall–Kier alpha value is -0.900. The fraction of sp³-hybridized carbons (Fsp3) is 0. The van der Waals surface area contributed by atoms with E-state index in [9.17, 15) is 8.42 Å². The summed E-state index contributed by atoms with van der Waals surface area (Å²) in [7, 11) is -3.88. The Balaban J connectivity index is 2.41. The number of nitrogen functional groups attached to an aromatic ring is 1. The van der Waals surface area contributed by atoms with Gasteiger partial charge in [0.1, 0.15) is 9.50 Å². The Morgan fingerprint density at radius 2 is 2.00 bits per heavy atom. The summed E-state index contributed by atoms with van der Waals surface area (Å²) < 4.78 is 27.5. The Bertz CT molecular complexity index is 770. The summed E-state index contributed by atoms with van der Waals surface area (Å²) in [6.07, 6.45) is 1.37. The number of hydrogen-bond acceptors (Lipinski definition) is 5. The van der Waals surface area contributed by atoms with Crippen LogP contribution in [0.15, 0.2) is 38.5 Å². The first-order valence-corrected chi connectivity index (χ1v) is 8.50. The number of nitrogens with one attached hydrogen (secondary N) is 1. The predicted molar refractivity (Wildman–Crippen MR) is 84.1 cm³/mol. The molecule has 20 heavy (non-hydrogen) atoms. The van der Waals surface area contributed by atoms with Gasteiger partial charge in [-0.05, 0) is 50.1 Å². The molecule has 3 N–H and O–H groups in total. The van der Waals surface area contributed by atoms with Crippen LogP contribution in [0.2, 0.25) is 5.02 Å². The van der Waals surface area contributed by atoms with Crippen LogP contribution in [-0.4, -0.2) is 18.4 Å². The lowest BCUT2D eigenvalue weighted by atomic mass is 10.3. The number of aromatic nitrogens is 2. The largest absolute Gasteiger partial charge is 0.399 e. The van der Waals surface area contributed by atoms with E-state index in [0.29, 0.717) is 10.3 Å². The molecule has 0 aliphatic rings. The van der Waals surface area contributed by atoms with Gasteiger partial charge in [0.25, 0.3) is 10.0 Å². The maximum atomic E-state index is 12.2. The summed E-state index contributed by atoms with van der Waals surface area (Å²) in [6, 6.07) is 4.13. The standard InChI is InChI=1S/C10H7Br2ClN4O2S/c11-8-4-15-10(9(12)16-8)17-20(18,19)7-2-1-5(14)3-6(7)13/h1-4H,14H2,(H,15,17). The number of halogens is 3. The van der Waals surface area contributed by atoms with Gasteiger partial charge in [-0.15, -0.1) is 0 Å². The molecule has 0 saturated carbocycles. The Labute approximate surface area is 137 Å². The van der Waals surface area contributed by atoms with Crippen LogP contribution in [0.1, 0.15) is 0 Å². The van der Waals surface area contributed by atoms with E-state index >= 15 is 0 Å². The maximum absolute atomic E-state index is 12.2. The summed E-state index contributed by atoms with van der Waals surface area (Å²) in [5.41, 5.74) is 5.90. The van der Waals surface area contributed by atoms with E-state index < -0.39 is 10.0 Å². The molecule has 1 aromatic heterocycles. The van der Waals surface area contributed by atoms with Crippen molar-refractivity contribution in [3.05, 3.63) is 38.6 Å². The van der Waals surface area contributed by atoms with Gasteiger partial charge in [0.2, 0.25) is 0 Å². The fourth-order valence-electron chi connectivity index (χ4n) is 1.33. The van der Waals surface area contributed by atoms with Crippen LogP contribution < -0.4 is 10.5 Å². The average Bonchev–Trinajstić information content (AvgIpc) is 2.32. The molecule has 0 atom stereocenters. The van der Waals surface area contributed by atoms with Crippen molar-refractivity contribution < 1.29 is 8.42 Å². The van der Waals surface area contributed by atoms with Crippen molar-refractivity contribution in [2.24, 2.45) is 0 Å². The maximum Gasteiger partial charge on any atom is 0.264 e. The first kappa shape index (κ1) is 15.5. The Morgan fingerprint density at radius 1 is 1.30 bits per heavy atom. The molecule has 1 aromatic carbocycles. The van der Waals surface area contributed by atoms with Crippen LogP contribution in [0.5, 0.6) is 0 Å². The summed E-state index contributed by atoms with van der Waals surface area (Å²) in [5, 5.41) is 0.0266. The number of benzene rings is 1. The summed E-state index contributed by atoms with van der Waals surface area (Å²) >= 11 is 12.1. The smallest absolute Gasteiger partial charge is 0.264 e. The third-order valence-corrected chi connectivity index (χ3v) is 4.93. The van der Waals surface area contributed by atoms with Crippen LogP contribution >= 0.6 is 43.5 Å². The quantitative estimate of drug-likeness (QED) is 0.712. The minimum Gasteiger partial charge on any atom is -0.399 e. The molecule has 0 aliphatic heterocycles. The first-order chi connectivity index (χ1) is 9.29. The molecule has 0 radical (unpaired) electrons. The van der Waals surface area contributed by atoms with Crippen molar-refractivity contribution in [2.45, 2.75) is 4.90 Å². The van der Waals surface area contributed by atoms with Gasteiger partial charge in [-0.1, -0.05) is 11.6 Å². The second-order valence-electron chi connectivity index (χ2n) is 3.63. The average molecular weight is 443 g/mol. The van der Waals surface area contributed by atoms with Crippen molar-refractivity contribution in [1.82, 2.24) is 9.97 Å². The summed E-state index contributed by atoms with van der Waals surface area (Å²) in [4.78, 5) is 7.81. The number of nitrogens with zero attached hydrogens (tertiary/aromatic N) is 2. The third kappa shape index (κ3) is 3.40. The molecular formula is C10H7Br2ClN4O2S. The zero-order valence-corrected chi connectivity index (χ0v) is 14.4. The molecule has 0 unspecified atom stereocenters. The molecule has 0 spiro atoms. The number of rotatable bonds is 3. The van der Waals surface area contributed by atoms with Gasteiger partial charge in [-0.25, -0.2) is 18.4 Å². The molecule has 10 heteroatoms. The minimum atomic E-state index is -3.88. The first-order valence-electron chi connectivity index (χ1n) is 5.05. The number of sulfonamides is 1. The molecule has 6 nitrogen and oxygen atoms in total. The van der Waals surface area contributed by atoms with Gasteiger partial charge in [0.15, 0.2) is 10.4 Å². The number of anilines is 2. The highest BCUT2D eigenvalue weighted by atomic mass is 79.9.